The standard InChI is InChI=1S/C28H34N4O/c1-18-13-23-24(14-19(18)2)31-28(27(30-23)29-17-20-7-4-3-5-8-20)15-21-9-6-10-25(33)32-12-11-22(16-28)26(21)32/h3-5,7-8,13-14,21-22,26,31H,6,9-12,15-17H2,1-2H3,(H,29,30)/t21-,22+,26-,28+/m1/s1. The highest BCUT2D eigenvalue weighted by Crippen LogP contribution is 2.51. The van der Waals surface area contributed by atoms with Crippen LogP contribution in [0.25, 0.3) is 0 Å². The van der Waals surface area contributed by atoms with Crippen LogP contribution in [0.1, 0.15) is 55.2 Å². The Morgan fingerprint density at radius 1 is 1.03 bits per heavy atom. The molecule has 3 fully saturated rings. The predicted octanol–water partition coefficient (Wildman–Crippen LogP) is 5.29. The zero-order valence-corrected chi connectivity index (χ0v) is 19.7. The van der Waals surface area contributed by atoms with Crippen molar-refractivity contribution >= 4 is 23.1 Å². The van der Waals surface area contributed by atoms with Gasteiger partial charge in [0.25, 0.3) is 0 Å². The van der Waals surface area contributed by atoms with Crippen LogP contribution in [0.15, 0.2) is 47.5 Å². The van der Waals surface area contributed by atoms with E-state index in [1.807, 2.05) is 0 Å². The number of nitrogens with zero attached hydrogens (tertiary/aromatic N) is 2. The number of fused-ring (bicyclic) bond motifs is 1. The lowest BCUT2D eigenvalue weighted by atomic mass is 9.65. The zero-order chi connectivity index (χ0) is 22.6. The van der Waals surface area contributed by atoms with Gasteiger partial charge in [-0.25, -0.2) is 0 Å². The number of carbonyl (C=O) groups excluding carboxylic acids is 1. The third-order valence-corrected chi connectivity index (χ3v) is 8.55. The van der Waals surface area contributed by atoms with Crippen molar-refractivity contribution in [3.63, 3.8) is 0 Å². The van der Waals surface area contributed by atoms with Gasteiger partial charge in [-0.1, -0.05) is 30.3 Å². The summed E-state index contributed by atoms with van der Waals surface area (Å²) in [7, 11) is 0. The number of hydrogen-bond acceptors (Lipinski definition) is 3. The van der Waals surface area contributed by atoms with E-state index >= 15 is 0 Å². The molecule has 1 spiro atoms. The van der Waals surface area contributed by atoms with Crippen LogP contribution in [-0.2, 0) is 11.3 Å². The number of nitrogens with one attached hydrogen (secondary N) is 2. The molecule has 1 aliphatic carbocycles. The molecule has 1 saturated carbocycles. The quantitative estimate of drug-likeness (QED) is 0.664. The number of carbonyl (C=O) groups is 1. The molecule has 3 aliphatic heterocycles. The van der Waals surface area contributed by atoms with Gasteiger partial charge in [-0.05, 0) is 86.6 Å². The Labute approximate surface area is 196 Å². The molecule has 1 amide bonds. The largest absolute Gasteiger partial charge is 0.371 e. The van der Waals surface area contributed by atoms with Crippen molar-refractivity contribution in [1.82, 2.24) is 4.90 Å². The van der Waals surface area contributed by atoms with Gasteiger partial charge in [0.2, 0.25) is 5.91 Å². The predicted molar refractivity (Wildman–Crippen MR) is 134 cm³/mol. The molecule has 2 saturated heterocycles. The van der Waals surface area contributed by atoms with Gasteiger partial charge in [0.05, 0.1) is 23.5 Å². The van der Waals surface area contributed by atoms with E-state index in [2.05, 4.69) is 71.8 Å². The SMILES string of the molecule is Cc1cc2c(cc1C)N[C@]1(C[C@H]3CCCC(=O)N4CC[C@@H](C1)[C@@H]34)C(=NCc1ccccc1)N2. The Bertz CT molecular complexity index is 1110. The summed E-state index contributed by atoms with van der Waals surface area (Å²) in [6.45, 7) is 5.96. The Morgan fingerprint density at radius 2 is 1.76 bits per heavy atom. The number of amidine groups is 1. The summed E-state index contributed by atoms with van der Waals surface area (Å²) < 4.78 is 0. The summed E-state index contributed by atoms with van der Waals surface area (Å²) in [6.07, 6.45) is 6.04. The summed E-state index contributed by atoms with van der Waals surface area (Å²) >= 11 is 0. The molecule has 2 aromatic rings. The van der Waals surface area contributed by atoms with Crippen LogP contribution >= 0.6 is 0 Å². The van der Waals surface area contributed by atoms with Crippen LogP contribution in [0.4, 0.5) is 11.4 Å². The molecule has 4 aliphatic rings. The molecular weight excluding hydrogens is 408 g/mol. The van der Waals surface area contributed by atoms with Crippen LogP contribution in [0, 0.1) is 25.7 Å². The maximum atomic E-state index is 12.7. The molecule has 4 atom stereocenters. The van der Waals surface area contributed by atoms with Crippen LogP contribution in [-0.4, -0.2) is 34.8 Å². The molecule has 5 heteroatoms. The highest BCUT2D eigenvalue weighted by Gasteiger charge is 2.55. The molecule has 0 radical (unpaired) electrons. The van der Waals surface area contributed by atoms with E-state index in [0.717, 1.165) is 50.2 Å². The molecule has 3 heterocycles. The zero-order valence-electron chi connectivity index (χ0n) is 19.7. The third kappa shape index (κ3) is 3.53. The van der Waals surface area contributed by atoms with Gasteiger partial charge >= 0.3 is 0 Å². The normalized spacial score (nSPS) is 31.6. The number of anilines is 2. The lowest BCUT2D eigenvalue weighted by Crippen LogP contribution is -2.60. The smallest absolute Gasteiger partial charge is 0.222 e. The van der Waals surface area contributed by atoms with Gasteiger partial charge in [0, 0.05) is 19.0 Å². The van der Waals surface area contributed by atoms with Crippen molar-refractivity contribution in [3.05, 3.63) is 59.2 Å². The first-order valence-electron chi connectivity index (χ1n) is 12.6. The molecule has 2 N–H and O–H groups in total. The Hall–Kier alpha value is -2.82. The Kier molecular flexibility index (Phi) is 4.97. The fourth-order valence-electron chi connectivity index (χ4n) is 6.89. The first kappa shape index (κ1) is 20.8. The topological polar surface area (TPSA) is 56.7 Å². The van der Waals surface area contributed by atoms with E-state index < -0.39 is 0 Å². The van der Waals surface area contributed by atoms with Crippen molar-refractivity contribution < 1.29 is 4.79 Å². The fourth-order valence-corrected chi connectivity index (χ4v) is 6.89. The number of aryl methyl sites for hydroxylation is 2. The number of rotatable bonds is 2. The summed E-state index contributed by atoms with van der Waals surface area (Å²) in [4.78, 5) is 20.2. The molecule has 0 bridgehead atoms. The monoisotopic (exact) mass is 442 g/mol. The molecule has 0 unspecified atom stereocenters. The second-order valence-corrected chi connectivity index (χ2v) is 10.7. The lowest BCUT2D eigenvalue weighted by Gasteiger charge is -2.51. The summed E-state index contributed by atoms with van der Waals surface area (Å²) in [6, 6.07) is 15.5. The van der Waals surface area contributed by atoms with E-state index in [-0.39, 0.29) is 5.54 Å². The average Bonchev–Trinajstić information content (AvgIpc) is 3.16. The van der Waals surface area contributed by atoms with Crippen LogP contribution in [0.2, 0.25) is 0 Å². The van der Waals surface area contributed by atoms with Crippen molar-refractivity contribution in [2.24, 2.45) is 16.8 Å². The number of aliphatic imine (C=N–C) groups is 1. The number of benzene rings is 2. The van der Waals surface area contributed by atoms with Crippen molar-refractivity contribution in [2.45, 2.75) is 70.5 Å². The van der Waals surface area contributed by atoms with E-state index in [9.17, 15) is 4.79 Å². The van der Waals surface area contributed by atoms with Gasteiger partial charge in [-0.15, -0.1) is 0 Å². The highest BCUT2D eigenvalue weighted by molar-refractivity contribution is 6.09. The minimum Gasteiger partial charge on any atom is -0.371 e. The molecule has 33 heavy (non-hydrogen) atoms. The second kappa shape index (κ2) is 7.89. The van der Waals surface area contributed by atoms with Crippen LogP contribution in [0.5, 0.6) is 0 Å². The minimum absolute atomic E-state index is 0.196. The van der Waals surface area contributed by atoms with E-state index in [0.29, 0.717) is 36.8 Å². The molecule has 0 aromatic heterocycles. The fraction of sp³-hybridized carbons (Fsp3) is 0.500. The third-order valence-electron chi connectivity index (χ3n) is 8.55. The van der Waals surface area contributed by atoms with E-state index in [1.165, 1.54) is 22.4 Å². The minimum atomic E-state index is -0.196. The Balaban J connectivity index is 1.40. The first-order chi connectivity index (χ1) is 16.0. The van der Waals surface area contributed by atoms with E-state index in [4.69, 9.17) is 4.99 Å². The molecular formula is C28H34N4O. The maximum absolute atomic E-state index is 12.7. The molecule has 6 rings (SSSR count). The number of amides is 1. The second-order valence-electron chi connectivity index (χ2n) is 10.7. The van der Waals surface area contributed by atoms with Gasteiger partial charge < -0.3 is 15.5 Å². The Morgan fingerprint density at radius 3 is 2.55 bits per heavy atom. The van der Waals surface area contributed by atoms with E-state index in [1.54, 1.807) is 0 Å². The maximum Gasteiger partial charge on any atom is 0.222 e. The van der Waals surface area contributed by atoms with Crippen molar-refractivity contribution in [1.29, 1.82) is 0 Å². The summed E-state index contributed by atoms with van der Waals surface area (Å²) in [5, 5.41) is 7.80. The van der Waals surface area contributed by atoms with Crippen LogP contribution in [0.3, 0.4) is 0 Å². The molecule has 172 valence electrons. The summed E-state index contributed by atoms with van der Waals surface area (Å²) in [5.41, 5.74) is 5.95. The number of hydrogen-bond donors (Lipinski definition) is 2. The molecule has 2 aromatic carbocycles. The first-order valence-corrected chi connectivity index (χ1v) is 12.6. The average molecular weight is 443 g/mol. The van der Waals surface area contributed by atoms with Gasteiger partial charge in [0.1, 0.15) is 5.84 Å². The van der Waals surface area contributed by atoms with Gasteiger partial charge in [-0.2, -0.15) is 0 Å². The highest BCUT2D eigenvalue weighted by atomic mass is 16.2. The molecule has 5 nitrogen and oxygen atoms in total. The van der Waals surface area contributed by atoms with Crippen molar-refractivity contribution in [2.75, 3.05) is 17.2 Å². The van der Waals surface area contributed by atoms with Gasteiger partial charge in [0.15, 0.2) is 0 Å². The van der Waals surface area contributed by atoms with Gasteiger partial charge in [-0.3, -0.25) is 9.79 Å². The van der Waals surface area contributed by atoms with Crippen LogP contribution < -0.4 is 10.6 Å². The lowest BCUT2D eigenvalue weighted by molar-refractivity contribution is -0.132. The van der Waals surface area contributed by atoms with Crippen molar-refractivity contribution in [3.8, 4) is 0 Å². The summed E-state index contributed by atoms with van der Waals surface area (Å²) in [5.74, 6) is 2.52.